The zero-order valence-electron chi connectivity index (χ0n) is 16.4. The number of fused-ring (bicyclic) bond motifs is 3. The summed E-state index contributed by atoms with van der Waals surface area (Å²) in [4.78, 5) is 29.6. The molecule has 8 nitrogen and oxygen atoms in total. The Hall–Kier alpha value is -2.91. The van der Waals surface area contributed by atoms with E-state index in [2.05, 4.69) is 20.5 Å². The number of carbonyl (C=O) groups excluding carboxylic acids is 1. The fourth-order valence-corrected chi connectivity index (χ4v) is 4.09. The van der Waals surface area contributed by atoms with Gasteiger partial charge in [-0.3, -0.25) is 18.6 Å². The van der Waals surface area contributed by atoms with Crippen LogP contribution in [0.15, 0.2) is 52.5 Å². The number of anilines is 1. The molecule has 10 heteroatoms. The molecule has 1 atom stereocenters. The van der Waals surface area contributed by atoms with Crippen LogP contribution in [0.3, 0.4) is 0 Å². The number of nitrogens with one attached hydrogen (secondary N) is 1. The minimum Gasteiger partial charge on any atom is -0.310 e. The highest BCUT2D eigenvalue weighted by Crippen LogP contribution is 2.26. The van der Waals surface area contributed by atoms with Crippen LogP contribution in [0.2, 0.25) is 5.02 Å². The number of aryl methyl sites for hydroxylation is 1. The van der Waals surface area contributed by atoms with Gasteiger partial charge >= 0.3 is 0 Å². The molecule has 1 N–H and O–H groups in total. The van der Waals surface area contributed by atoms with E-state index < -0.39 is 5.25 Å². The third kappa shape index (κ3) is 3.78. The van der Waals surface area contributed by atoms with Crippen LogP contribution in [0.25, 0.3) is 16.7 Å². The molecular formula is C20H19ClN6O2S. The molecule has 3 heterocycles. The van der Waals surface area contributed by atoms with Crippen molar-refractivity contribution in [2.24, 2.45) is 0 Å². The van der Waals surface area contributed by atoms with E-state index in [1.165, 1.54) is 18.0 Å². The number of hydrogen-bond acceptors (Lipinski definition) is 6. The summed E-state index contributed by atoms with van der Waals surface area (Å²) >= 11 is 7.10. The lowest BCUT2D eigenvalue weighted by Gasteiger charge is -2.12. The van der Waals surface area contributed by atoms with Crippen molar-refractivity contribution in [2.75, 3.05) is 5.32 Å². The molecule has 0 saturated carbocycles. The Morgan fingerprint density at radius 3 is 2.77 bits per heavy atom. The summed E-state index contributed by atoms with van der Waals surface area (Å²) in [5.41, 5.74) is 0.618. The highest BCUT2D eigenvalue weighted by atomic mass is 35.5. The summed E-state index contributed by atoms with van der Waals surface area (Å²) in [6, 6.07) is 10.6. The summed E-state index contributed by atoms with van der Waals surface area (Å²) < 4.78 is 3.46. The molecule has 0 aliphatic heterocycles. The van der Waals surface area contributed by atoms with Crippen LogP contribution < -0.4 is 10.9 Å². The van der Waals surface area contributed by atoms with Crippen molar-refractivity contribution in [3.05, 3.63) is 58.0 Å². The van der Waals surface area contributed by atoms with E-state index in [4.69, 9.17) is 11.6 Å². The topological polar surface area (TPSA) is 94.2 Å². The fourth-order valence-electron chi connectivity index (χ4n) is 3.12. The second-order valence-electron chi connectivity index (χ2n) is 6.70. The maximum atomic E-state index is 12.9. The van der Waals surface area contributed by atoms with Crippen molar-refractivity contribution >= 4 is 51.8 Å². The Morgan fingerprint density at radius 1 is 1.23 bits per heavy atom. The first kappa shape index (κ1) is 20.4. The third-order valence-corrected chi connectivity index (χ3v) is 5.82. The standard InChI is InChI=1S/C20H19ClN6O2S/c1-3-10-26-18(29)14-6-4-5-7-15(14)27-19(26)24-25-20(27)30-12(2)17(28)23-16-9-8-13(21)11-22-16/h4-9,11-12H,3,10H2,1-2H3,(H,22,23,28)/t12-/m0/s1. The van der Waals surface area contributed by atoms with Gasteiger partial charge < -0.3 is 5.32 Å². The van der Waals surface area contributed by atoms with Crippen LogP contribution in [0.1, 0.15) is 20.3 Å². The summed E-state index contributed by atoms with van der Waals surface area (Å²) in [7, 11) is 0. The van der Waals surface area contributed by atoms with Gasteiger partial charge in [-0.15, -0.1) is 10.2 Å². The molecule has 0 aliphatic carbocycles. The number of amides is 1. The smallest absolute Gasteiger partial charge is 0.262 e. The molecule has 0 unspecified atom stereocenters. The average Bonchev–Trinajstić information content (AvgIpc) is 3.16. The lowest BCUT2D eigenvalue weighted by atomic mass is 10.2. The zero-order chi connectivity index (χ0) is 21.3. The number of nitrogens with zero attached hydrogens (tertiary/aromatic N) is 5. The summed E-state index contributed by atoms with van der Waals surface area (Å²) in [5, 5.41) is 12.4. The van der Waals surface area contributed by atoms with Crippen molar-refractivity contribution in [1.82, 2.24) is 24.1 Å². The normalized spacial score (nSPS) is 12.4. The van der Waals surface area contributed by atoms with Crippen molar-refractivity contribution < 1.29 is 4.79 Å². The molecule has 1 amide bonds. The molecule has 30 heavy (non-hydrogen) atoms. The van der Waals surface area contributed by atoms with Gasteiger partial charge in [0.1, 0.15) is 5.82 Å². The zero-order valence-corrected chi connectivity index (χ0v) is 17.9. The monoisotopic (exact) mass is 442 g/mol. The van der Waals surface area contributed by atoms with Crippen molar-refractivity contribution in [2.45, 2.75) is 37.2 Å². The van der Waals surface area contributed by atoms with Gasteiger partial charge in [-0.2, -0.15) is 0 Å². The van der Waals surface area contributed by atoms with Gasteiger partial charge in [0.05, 0.1) is 21.2 Å². The lowest BCUT2D eigenvalue weighted by Crippen LogP contribution is -2.24. The quantitative estimate of drug-likeness (QED) is 0.458. The lowest BCUT2D eigenvalue weighted by molar-refractivity contribution is -0.115. The number of para-hydroxylation sites is 1. The second-order valence-corrected chi connectivity index (χ2v) is 8.45. The molecule has 0 spiro atoms. The van der Waals surface area contributed by atoms with E-state index in [-0.39, 0.29) is 11.5 Å². The summed E-state index contributed by atoms with van der Waals surface area (Å²) in [6.07, 6.45) is 2.26. The van der Waals surface area contributed by atoms with E-state index >= 15 is 0 Å². The van der Waals surface area contributed by atoms with Crippen molar-refractivity contribution in [3.8, 4) is 0 Å². The summed E-state index contributed by atoms with van der Waals surface area (Å²) in [5.74, 6) is 0.665. The molecule has 4 aromatic rings. The maximum absolute atomic E-state index is 12.9. The van der Waals surface area contributed by atoms with E-state index in [1.807, 2.05) is 29.5 Å². The number of benzene rings is 1. The van der Waals surface area contributed by atoms with Gasteiger partial charge in [-0.1, -0.05) is 42.4 Å². The minimum atomic E-state index is -0.472. The largest absolute Gasteiger partial charge is 0.310 e. The molecule has 0 aliphatic rings. The molecule has 154 valence electrons. The van der Waals surface area contributed by atoms with Crippen LogP contribution in [0.5, 0.6) is 0 Å². The SMILES string of the molecule is CCCn1c(=O)c2ccccc2n2c(S[C@@H](C)C(=O)Nc3ccc(Cl)cn3)nnc12. The van der Waals surface area contributed by atoms with Gasteiger partial charge in [0.25, 0.3) is 5.56 Å². The predicted octanol–water partition coefficient (Wildman–Crippen LogP) is 3.62. The number of aromatic nitrogens is 5. The number of thioether (sulfide) groups is 1. The highest BCUT2D eigenvalue weighted by Gasteiger charge is 2.21. The van der Waals surface area contributed by atoms with Gasteiger partial charge in [-0.25, -0.2) is 4.98 Å². The van der Waals surface area contributed by atoms with Crippen LogP contribution in [0, 0.1) is 0 Å². The maximum Gasteiger partial charge on any atom is 0.262 e. The van der Waals surface area contributed by atoms with Crippen LogP contribution >= 0.6 is 23.4 Å². The minimum absolute atomic E-state index is 0.0940. The first-order chi connectivity index (χ1) is 14.5. The van der Waals surface area contributed by atoms with E-state index in [0.29, 0.717) is 39.2 Å². The number of rotatable bonds is 6. The number of halogens is 1. The first-order valence-electron chi connectivity index (χ1n) is 9.45. The molecule has 0 radical (unpaired) electrons. The molecule has 3 aromatic heterocycles. The number of hydrogen-bond donors (Lipinski definition) is 1. The van der Waals surface area contributed by atoms with Gasteiger partial charge in [0, 0.05) is 12.7 Å². The van der Waals surface area contributed by atoms with Gasteiger partial charge in [0.15, 0.2) is 5.16 Å². The Labute approximate surface area is 181 Å². The first-order valence-corrected chi connectivity index (χ1v) is 10.7. The Balaban J connectivity index is 1.70. The number of pyridine rings is 1. The average molecular weight is 443 g/mol. The number of carbonyl (C=O) groups is 1. The second kappa shape index (κ2) is 8.45. The molecule has 4 rings (SSSR count). The van der Waals surface area contributed by atoms with E-state index in [0.717, 1.165) is 6.42 Å². The van der Waals surface area contributed by atoms with Gasteiger partial charge in [0.2, 0.25) is 11.7 Å². The van der Waals surface area contributed by atoms with Crippen molar-refractivity contribution in [3.63, 3.8) is 0 Å². The van der Waals surface area contributed by atoms with Crippen LogP contribution in [0.4, 0.5) is 5.82 Å². The van der Waals surface area contributed by atoms with E-state index in [9.17, 15) is 9.59 Å². The van der Waals surface area contributed by atoms with Crippen LogP contribution in [-0.4, -0.2) is 35.3 Å². The third-order valence-electron chi connectivity index (χ3n) is 4.56. The molecule has 0 saturated heterocycles. The van der Waals surface area contributed by atoms with Crippen molar-refractivity contribution in [1.29, 1.82) is 0 Å². The molecule has 0 fully saturated rings. The summed E-state index contributed by atoms with van der Waals surface area (Å²) in [6.45, 7) is 4.32. The van der Waals surface area contributed by atoms with Gasteiger partial charge in [-0.05, 0) is 37.6 Å². The molecular weight excluding hydrogens is 424 g/mol. The van der Waals surface area contributed by atoms with E-state index in [1.54, 1.807) is 29.7 Å². The Morgan fingerprint density at radius 2 is 2.03 bits per heavy atom. The predicted molar refractivity (Wildman–Crippen MR) is 118 cm³/mol. The Bertz CT molecular complexity index is 1280. The fraction of sp³-hybridized carbons (Fsp3) is 0.250. The Kier molecular flexibility index (Phi) is 5.74. The van der Waals surface area contributed by atoms with Crippen LogP contribution in [-0.2, 0) is 11.3 Å². The highest BCUT2D eigenvalue weighted by molar-refractivity contribution is 8.00. The molecule has 0 bridgehead atoms. The molecule has 1 aromatic carbocycles.